The summed E-state index contributed by atoms with van der Waals surface area (Å²) in [4.78, 5) is 28.9. The van der Waals surface area contributed by atoms with Crippen LogP contribution in [0.1, 0.15) is 58.8 Å². The van der Waals surface area contributed by atoms with E-state index in [1.165, 1.54) is 25.8 Å². The third kappa shape index (κ3) is 5.66. The highest BCUT2D eigenvalue weighted by molar-refractivity contribution is 7.99. The van der Waals surface area contributed by atoms with Crippen molar-refractivity contribution < 1.29 is 9.59 Å². The van der Waals surface area contributed by atoms with Crippen LogP contribution in [0.2, 0.25) is 0 Å². The Morgan fingerprint density at radius 3 is 2.83 bits per heavy atom. The van der Waals surface area contributed by atoms with Crippen LogP contribution in [0.15, 0.2) is 0 Å². The SMILES string of the molecule is CCCCC(=O)N1CSCC1C(=O)NCCCN1CCCCC1C. The van der Waals surface area contributed by atoms with Gasteiger partial charge in [-0.05, 0) is 39.2 Å². The number of amides is 2. The van der Waals surface area contributed by atoms with Crippen molar-refractivity contribution in [1.29, 1.82) is 0 Å². The van der Waals surface area contributed by atoms with Gasteiger partial charge < -0.3 is 15.1 Å². The molecule has 2 fully saturated rings. The van der Waals surface area contributed by atoms with Crippen LogP contribution in [0.5, 0.6) is 0 Å². The average molecular weight is 356 g/mol. The van der Waals surface area contributed by atoms with Crippen molar-refractivity contribution in [2.75, 3.05) is 31.3 Å². The first kappa shape index (κ1) is 19.6. The second kappa shape index (κ2) is 10.3. The number of rotatable bonds is 8. The Balaban J connectivity index is 1.68. The van der Waals surface area contributed by atoms with Crippen LogP contribution < -0.4 is 5.32 Å². The van der Waals surface area contributed by atoms with Crippen LogP contribution >= 0.6 is 11.8 Å². The molecule has 24 heavy (non-hydrogen) atoms. The van der Waals surface area contributed by atoms with Gasteiger partial charge in [0, 0.05) is 31.3 Å². The lowest BCUT2D eigenvalue weighted by Crippen LogP contribution is -2.47. The van der Waals surface area contributed by atoms with E-state index in [1.807, 2.05) is 0 Å². The highest BCUT2D eigenvalue weighted by Crippen LogP contribution is 2.22. The standard InChI is InChI=1S/C18H33N3O2S/c1-3-4-9-17(22)21-14-24-13-16(21)18(23)19-10-7-12-20-11-6-5-8-15(20)2/h15-16H,3-14H2,1-2H3,(H,19,23). The van der Waals surface area contributed by atoms with E-state index in [4.69, 9.17) is 0 Å². The van der Waals surface area contributed by atoms with Gasteiger partial charge >= 0.3 is 0 Å². The number of piperidine rings is 1. The van der Waals surface area contributed by atoms with Gasteiger partial charge in [-0.3, -0.25) is 9.59 Å². The fourth-order valence-corrected chi connectivity index (χ4v) is 4.66. The molecule has 2 amide bonds. The maximum atomic E-state index is 12.4. The smallest absolute Gasteiger partial charge is 0.243 e. The van der Waals surface area contributed by atoms with Crippen molar-refractivity contribution in [3.63, 3.8) is 0 Å². The molecule has 1 N–H and O–H groups in total. The Labute approximate surface area is 150 Å². The first-order valence-corrected chi connectivity index (χ1v) is 10.7. The van der Waals surface area contributed by atoms with Gasteiger partial charge in [-0.25, -0.2) is 0 Å². The molecule has 2 atom stereocenters. The molecule has 0 aliphatic carbocycles. The van der Waals surface area contributed by atoms with Crippen molar-refractivity contribution in [2.24, 2.45) is 0 Å². The normalized spacial score (nSPS) is 25.0. The monoisotopic (exact) mass is 355 g/mol. The maximum Gasteiger partial charge on any atom is 0.243 e. The minimum atomic E-state index is -0.270. The molecule has 5 nitrogen and oxygen atoms in total. The molecule has 0 bridgehead atoms. The van der Waals surface area contributed by atoms with Gasteiger partial charge in [0.05, 0.1) is 5.88 Å². The average Bonchev–Trinajstić information content (AvgIpc) is 3.07. The zero-order valence-electron chi connectivity index (χ0n) is 15.3. The molecule has 2 heterocycles. The molecule has 0 spiro atoms. The Morgan fingerprint density at radius 1 is 1.25 bits per heavy atom. The maximum absolute atomic E-state index is 12.4. The summed E-state index contributed by atoms with van der Waals surface area (Å²) in [6, 6.07) is 0.403. The van der Waals surface area contributed by atoms with Crippen molar-refractivity contribution >= 4 is 23.6 Å². The third-order valence-electron chi connectivity index (χ3n) is 5.11. The number of carbonyl (C=O) groups is 2. The van der Waals surface area contributed by atoms with E-state index >= 15 is 0 Å². The number of hydrogen-bond acceptors (Lipinski definition) is 4. The summed E-state index contributed by atoms with van der Waals surface area (Å²) in [5, 5.41) is 3.05. The number of unbranched alkanes of at least 4 members (excludes halogenated alkanes) is 1. The lowest BCUT2D eigenvalue weighted by atomic mass is 10.0. The first-order chi connectivity index (χ1) is 11.6. The van der Waals surface area contributed by atoms with Crippen molar-refractivity contribution in [3.05, 3.63) is 0 Å². The second-order valence-corrected chi connectivity index (χ2v) is 8.01. The minimum Gasteiger partial charge on any atom is -0.354 e. The molecular weight excluding hydrogens is 322 g/mol. The summed E-state index contributed by atoms with van der Waals surface area (Å²) >= 11 is 1.68. The molecular formula is C18H33N3O2S. The molecule has 2 saturated heterocycles. The van der Waals surface area contributed by atoms with E-state index in [2.05, 4.69) is 24.1 Å². The number of likely N-dealkylation sites (tertiary alicyclic amines) is 1. The molecule has 0 radical (unpaired) electrons. The highest BCUT2D eigenvalue weighted by atomic mass is 32.2. The summed E-state index contributed by atoms with van der Waals surface area (Å²) < 4.78 is 0. The van der Waals surface area contributed by atoms with Gasteiger partial charge in [0.2, 0.25) is 11.8 Å². The Morgan fingerprint density at radius 2 is 2.08 bits per heavy atom. The molecule has 2 rings (SSSR count). The highest BCUT2D eigenvalue weighted by Gasteiger charge is 2.33. The van der Waals surface area contributed by atoms with Gasteiger partial charge in [0.25, 0.3) is 0 Å². The van der Waals surface area contributed by atoms with Crippen LogP contribution in [0.4, 0.5) is 0 Å². The zero-order valence-corrected chi connectivity index (χ0v) is 16.1. The number of carbonyl (C=O) groups excluding carboxylic acids is 2. The number of thioether (sulfide) groups is 1. The summed E-state index contributed by atoms with van der Waals surface area (Å²) in [6.07, 6.45) is 7.40. The molecule has 0 aromatic heterocycles. The van der Waals surface area contributed by atoms with Gasteiger partial charge in [-0.1, -0.05) is 19.8 Å². The summed E-state index contributed by atoms with van der Waals surface area (Å²) in [5.41, 5.74) is 0. The van der Waals surface area contributed by atoms with Crippen molar-refractivity contribution in [1.82, 2.24) is 15.1 Å². The minimum absolute atomic E-state index is 0.0246. The summed E-state index contributed by atoms with van der Waals surface area (Å²) in [5.74, 6) is 1.54. The van der Waals surface area contributed by atoms with Gasteiger partial charge in [-0.2, -0.15) is 0 Å². The Kier molecular flexibility index (Phi) is 8.39. The molecule has 6 heteroatoms. The topological polar surface area (TPSA) is 52.7 Å². The van der Waals surface area contributed by atoms with E-state index < -0.39 is 0 Å². The van der Waals surface area contributed by atoms with E-state index in [0.717, 1.165) is 31.6 Å². The summed E-state index contributed by atoms with van der Waals surface area (Å²) in [6.45, 7) is 7.33. The predicted molar refractivity (Wildman–Crippen MR) is 100.0 cm³/mol. The van der Waals surface area contributed by atoms with Crippen LogP contribution in [0, 0.1) is 0 Å². The third-order valence-corrected chi connectivity index (χ3v) is 6.12. The van der Waals surface area contributed by atoms with E-state index in [0.29, 0.717) is 24.9 Å². The molecule has 0 aromatic carbocycles. The Hall–Kier alpha value is -0.750. The molecule has 0 saturated carbocycles. The molecule has 2 unspecified atom stereocenters. The number of nitrogens with zero attached hydrogens (tertiary/aromatic N) is 2. The van der Waals surface area contributed by atoms with Crippen molar-refractivity contribution in [2.45, 2.75) is 70.9 Å². The molecule has 0 aromatic rings. The largest absolute Gasteiger partial charge is 0.354 e. The van der Waals surface area contributed by atoms with Gasteiger partial charge in [0.1, 0.15) is 6.04 Å². The number of nitrogens with one attached hydrogen (secondary N) is 1. The summed E-state index contributed by atoms with van der Waals surface area (Å²) in [7, 11) is 0. The lowest BCUT2D eigenvalue weighted by molar-refractivity contribution is -0.138. The fourth-order valence-electron chi connectivity index (χ4n) is 3.48. The Bertz CT molecular complexity index is 419. The molecule has 138 valence electrons. The van der Waals surface area contributed by atoms with Crippen LogP contribution in [0.25, 0.3) is 0 Å². The second-order valence-electron chi connectivity index (χ2n) is 7.01. The molecule has 2 aliphatic heterocycles. The van der Waals surface area contributed by atoms with Crippen LogP contribution in [-0.4, -0.2) is 65.0 Å². The predicted octanol–water partition coefficient (Wildman–Crippen LogP) is 2.46. The van der Waals surface area contributed by atoms with Crippen molar-refractivity contribution in [3.8, 4) is 0 Å². The van der Waals surface area contributed by atoms with Crippen LogP contribution in [-0.2, 0) is 9.59 Å². The first-order valence-electron chi connectivity index (χ1n) is 9.52. The van der Waals surface area contributed by atoms with Gasteiger partial charge in [0.15, 0.2) is 0 Å². The van der Waals surface area contributed by atoms with E-state index in [9.17, 15) is 9.59 Å². The fraction of sp³-hybridized carbons (Fsp3) is 0.889. The van der Waals surface area contributed by atoms with E-state index in [-0.39, 0.29) is 17.9 Å². The zero-order chi connectivity index (χ0) is 17.4. The van der Waals surface area contributed by atoms with Crippen LogP contribution in [0.3, 0.4) is 0 Å². The van der Waals surface area contributed by atoms with E-state index in [1.54, 1.807) is 16.7 Å². The molecule has 2 aliphatic rings. The quantitative estimate of drug-likeness (QED) is 0.680. The van der Waals surface area contributed by atoms with Gasteiger partial charge in [-0.15, -0.1) is 11.8 Å². The lowest BCUT2D eigenvalue weighted by Gasteiger charge is -2.33. The number of hydrogen-bond donors (Lipinski definition) is 1.